The van der Waals surface area contributed by atoms with Crippen LogP contribution in [0.25, 0.3) is 0 Å². The van der Waals surface area contributed by atoms with Crippen molar-refractivity contribution in [2.24, 2.45) is 10.8 Å². The minimum atomic E-state index is -8.57. The average molecular weight is 1180 g/mol. The standard InChI is InChI=1S/C33H22F34O7/c34-14-20(40,41)12(21(42,43)15(35,26(14,52)53)28(56,57)16(36,22(12,44)45)27(14,54)55)32(64,65)73-8-10(68)1-2-70-3-4-71-5-6-72-7-11(69)9-74-33(66,67)13-23(46,47)17(37)29(58,59)18(38,24(13,48)49)31(62,63)19(39,25(13,50)51)30(17,60)61/h10-11,68-69H,1-9H2. The number of ether oxygens (including phenoxy) is 5. The first-order valence-corrected chi connectivity index (χ1v) is 19.3. The van der Waals surface area contributed by atoms with Gasteiger partial charge in [-0.2, -0.15) is 70.2 Å². The third-order valence-electron chi connectivity index (χ3n) is 14.1. The highest BCUT2D eigenvalue weighted by Gasteiger charge is 3.27. The number of aliphatic hydroxyl groups is 2. The van der Waals surface area contributed by atoms with Crippen LogP contribution in [0.15, 0.2) is 0 Å². The molecule has 8 fully saturated rings. The summed E-state index contributed by atoms with van der Waals surface area (Å²) < 4.78 is 529. The summed E-state index contributed by atoms with van der Waals surface area (Å²) in [5.41, 5.74) is -67.1. The highest BCUT2D eigenvalue weighted by molar-refractivity contribution is 5.55. The normalized spacial score (nSPS) is 42.8. The van der Waals surface area contributed by atoms with Gasteiger partial charge in [-0.1, -0.05) is 0 Å². The smallest absolute Gasteiger partial charge is 0.379 e. The first-order chi connectivity index (χ1) is 32.5. The molecule has 0 aromatic carbocycles. The predicted octanol–water partition coefficient (Wildman–Crippen LogP) is 9.29. The largest absolute Gasteiger partial charge is 0.391 e. The zero-order chi connectivity index (χ0) is 58.1. The molecule has 7 nitrogen and oxygen atoms in total. The van der Waals surface area contributed by atoms with Crippen molar-refractivity contribution in [1.29, 1.82) is 0 Å². The molecule has 74 heavy (non-hydrogen) atoms. The van der Waals surface area contributed by atoms with Crippen LogP contribution in [0.4, 0.5) is 149 Å². The predicted molar refractivity (Wildman–Crippen MR) is 158 cm³/mol. The van der Waals surface area contributed by atoms with Crippen LogP contribution in [0, 0.1) is 10.8 Å². The Morgan fingerprint density at radius 2 is 0.473 bits per heavy atom. The van der Waals surface area contributed by atoms with Crippen LogP contribution >= 0.6 is 0 Å². The molecule has 0 aliphatic heterocycles. The van der Waals surface area contributed by atoms with Crippen molar-refractivity contribution in [3.8, 4) is 0 Å². The maximum absolute atomic E-state index is 15.2. The zero-order valence-electron chi connectivity index (χ0n) is 34.3. The van der Waals surface area contributed by atoms with E-state index in [1.54, 1.807) is 0 Å². The molecule has 0 spiro atoms. The third kappa shape index (κ3) is 4.93. The summed E-state index contributed by atoms with van der Waals surface area (Å²) in [5.74, 6) is -102. The van der Waals surface area contributed by atoms with Crippen molar-refractivity contribution in [1.82, 2.24) is 0 Å². The first kappa shape index (κ1) is 60.6. The van der Waals surface area contributed by atoms with Gasteiger partial charge < -0.3 is 33.9 Å². The molecule has 0 heterocycles. The molecule has 8 aliphatic rings. The van der Waals surface area contributed by atoms with E-state index in [0.29, 0.717) is 0 Å². The van der Waals surface area contributed by atoms with Gasteiger partial charge in [0.1, 0.15) is 6.10 Å². The molecule has 8 rings (SSSR count). The van der Waals surface area contributed by atoms with Gasteiger partial charge in [-0.05, 0) is 6.42 Å². The van der Waals surface area contributed by atoms with Gasteiger partial charge in [0.05, 0.1) is 52.4 Å². The van der Waals surface area contributed by atoms with Crippen LogP contribution in [0.3, 0.4) is 0 Å². The second kappa shape index (κ2) is 15.2. The molecule has 0 aromatic heterocycles. The van der Waals surface area contributed by atoms with Crippen molar-refractivity contribution in [2.75, 3.05) is 52.9 Å². The first-order valence-electron chi connectivity index (χ1n) is 19.3. The van der Waals surface area contributed by atoms with Gasteiger partial charge in [0.2, 0.25) is 0 Å². The van der Waals surface area contributed by atoms with E-state index in [2.05, 4.69) is 23.7 Å². The van der Waals surface area contributed by atoms with E-state index in [-0.39, 0.29) is 0 Å². The Hall–Kier alpha value is -2.66. The quantitative estimate of drug-likeness (QED) is 0.0986. The molecule has 8 aliphatic carbocycles. The van der Waals surface area contributed by atoms with E-state index in [0.717, 1.165) is 0 Å². The Balaban J connectivity index is 1.01. The summed E-state index contributed by atoms with van der Waals surface area (Å²) in [5, 5.41) is 19.5. The summed E-state index contributed by atoms with van der Waals surface area (Å²) in [4.78, 5) is 0. The second-order valence-corrected chi connectivity index (χ2v) is 17.4. The van der Waals surface area contributed by atoms with E-state index >= 15 is 96.6 Å². The van der Waals surface area contributed by atoms with E-state index in [4.69, 9.17) is 0 Å². The summed E-state index contributed by atoms with van der Waals surface area (Å²) in [6, 6.07) is 0. The van der Waals surface area contributed by atoms with E-state index in [1.807, 2.05) is 0 Å². The van der Waals surface area contributed by atoms with Crippen molar-refractivity contribution >= 4 is 0 Å². The van der Waals surface area contributed by atoms with Crippen molar-refractivity contribution in [2.45, 2.75) is 136 Å². The van der Waals surface area contributed by atoms with Gasteiger partial charge in [0.15, 0.2) is 0 Å². The molecule has 2 atom stereocenters. The van der Waals surface area contributed by atoms with Gasteiger partial charge in [0.25, 0.3) is 10.8 Å². The van der Waals surface area contributed by atoms with Gasteiger partial charge in [-0.25, -0.2) is 79.0 Å². The lowest BCUT2D eigenvalue weighted by atomic mass is 9.36. The lowest BCUT2D eigenvalue weighted by Crippen LogP contribution is -3.09. The molecular weight excluding hydrogens is 1150 g/mol. The second-order valence-electron chi connectivity index (χ2n) is 17.4. The number of hydrogen-bond donors (Lipinski definition) is 2. The number of alkyl halides is 34. The summed E-state index contributed by atoms with van der Waals surface area (Å²) in [6.45, 7) is -11.7. The molecule has 0 saturated heterocycles. The third-order valence-corrected chi connectivity index (χ3v) is 14.1. The maximum atomic E-state index is 15.2. The molecule has 8 bridgehead atoms. The highest BCUT2D eigenvalue weighted by atomic mass is 19.4. The maximum Gasteiger partial charge on any atom is 0.379 e. The van der Waals surface area contributed by atoms with Crippen LogP contribution in [0.5, 0.6) is 0 Å². The van der Waals surface area contributed by atoms with Crippen molar-refractivity contribution < 1.29 is 183 Å². The molecule has 0 amide bonds. The summed E-state index contributed by atoms with van der Waals surface area (Å²) in [6.07, 6.45) is -22.8. The fraction of sp³-hybridized carbons (Fsp3) is 1.00. The Morgan fingerprint density at radius 1 is 0.270 bits per heavy atom. The summed E-state index contributed by atoms with van der Waals surface area (Å²) in [7, 11) is 0. The lowest BCUT2D eigenvalue weighted by molar-refractivity contribution is -0.641. The van der Waals surface area contributed by atoms with Crippen LogP contribution in [0.1, 0.15) is 6.42 Å². The Morgan fingerprint density at radius 3 is 0.716 bits per heavy atom. The number of halogens is 34. The molecule has 2 N–H and O–H groups in total. The lowest BCUT2D eigenvalue weighted by Gasteiger charge is -2.75. The Kier molecular flexibility index (Phi) is 12.4. The fourth-order valence-corrected chi connectivity index (χ4v) is 10.4. The molecule has 8 saturated carbocycles. The Bertz CT molecular complexity index is 1860. The number of hydrogen-bond acceptors (Lipinski definition) is 7. The number of rotatable bonds is 19. The van der Waals surface area contributed by atoms with Gasteiger partial charge >= 0.3 is 117 Å². The molecule has 2 unspecified atom stereocenters. The number of aliphatic hydroxyl groups excluding tert-OH is 2. The van der Waals surface area contributed by atoms with E-state index < -0.39 is 200 Å². The van der Waals surface area contributed by atoms with E-state index in [9.17, 15) is 62.9 Å². The fourth-order valence-electron chi connectivity index (χ4n) is 10.4. The van der Waals surface area contributed by atoms with Gasteiger partial charge in [0, 0.05) is 6.61 Å². The van der Waals surface area contributed by atoms with Gasteiger partial charge in [-0.3, -0.25) is 0 Å². The SMILES string of the molecule is OC(CCOCCOCCOCC(O)COC(F)(F)C12C(F)(F)C3(F)C(F)(F)C(F)(C(F)(F)C(F)(C3(F)F)C1(F)F)C2(F)F)COC(F)(F)C12C(F)(F)C3(F)C(F)(F)C(F)(C(F)(F)C(F)(C3(F)F)C1(F)F)C2(F)F. The summed E-state index contributed by atoms with van der Waals surface area (Å²) >= 11 is 0. The van der Waals surface area contributed by atoms with Crippen LogP contribution in [-0.2, 0) is 23.7 Å². The Labute approximate surface area is 383 Å². The monoisotopic (exact) mass is 1180 g/mol. The molecule has 0 aromatic rings. The molecular formula is C33H22F34O7. The molecule has 434 valence electrons. The minimum Gasteiger partial charge on any atom is -0.391 e. The van der Waals surface area contributed by atoms with Crippen molar-refractivity contribution in [3.63, 3.8) is 0 Å². The van der Waals surface area contributed by atoms with E-state index in [1.165, 1.54) is 0 Å². The highest BCUT2D eigenvalue weighted by Crippen LogP contribution is 2.94. The van der Waals surface area contributed by atoms with Crippen molar-refractivity contribution in [3.05, 3.63) is 0 Å². The topological polar surface area (TPSA) is 86.6 Å². The minimum absolute atomic E-state index is 0.799. The zero-order valence-corrected chi connectivity index (χ0v) is 34.3. The van der Waals surface area contributed by atoms with Crippen LogP contribution in [-0.4, -0.2) is 193 Å². The van der Waals surface area contributed by atoms with Crippen LogP contribution in [0.2, 0.25) is 0 Å². The van der Waals surface area contributed by atoms with Gasteiger partial charge in [-0.15, -0.1) is 0 Å². The molecule has 0 radical (unpaired) electrons. The molecule has 41 heteroatoms. The average Bonchev–Trinajstić information content (AvgIpc) is 3.22. The van der Waals surface area contributed by atoms with Crippen LogP contribution < -0.4 is 0 Å².